The van der Waals surface area contributed by atoms with E-state index >= 15 is 0 Å². The van der Waals surface area contributed by atoms with Crippen molar-refractivity contribution in [2.24, 2.45) is 5.84 Å². The van der Waals surface area contributed by atoms with Crippen molar-refractivity contribution >= 4 is 11.5 Å². The number of rotatable bonds is 5. The first-order chi connectivity index (χ1) is 9.63. The standard InChI is InChI=1S/C12H12N4O4/c1-19-11-3-2-8(6-10(11)16(17)18)20-9-4-5-14-12(7-9)15-13/h2-7H,13H2,1H3,(H,14,15). The van der Waals surface area contributed by atoms with Gasteiger partial charge in [0.2, 0.25) is 0 Å². The van der Waals surface area contributed by atoms with Crippen molar-refractivity contribution in [1.82, 2.24) is 4.98 Å². The van der Waals surface area contributed by atoms with Gasteiger partial charge in [0.1, 0.15) is 17.3 Å². The van der Waals surface area contributed by atoms with E-state index in [0.717, 1.165) is 0 Å². The number of methoxy groups -OCH3 is 1. The summed E-state index contributed by atoms with van der Waals surface area (Å²) in [4.78, 5) is 14.3. The maximum Gasteiger partial charge on any atom is 0.314 e. The Morgan fingerprint density at radius 3 is 2.70 bits per heavy atom. The van der Waals surface area contributed by atoms with Gasteiger partial charge in [-0.25, -0.2) is 10.8 Å². The summed E-state index contributed by atoms with van der Waals surface area (Å²) in [6, 6.07) is 7.50. The molecule has 0 saturated heterocycles. The van der Waals surface area contributed by atoms with Gasteiger partial charge in [-0.2, -0.15) is 0 Å². The van der Waals surface area contributed by atoms with Crippen molar-refractivity contribution in [2.75, 3.05) is 12.5 Å². The molecule has 0 bridgehead atoms. The Hall–Kier alpha value is -2.87. The minimum absolute atomic E-state index is 0.168. The first-order valence-corrected chi connectivity index (χ1v) is 5.57. The number of hydrazine groups is 1. The molecular formula is C12H12N4O4. The van der Waals surface area contributed by atoms with Crippen molar-refractivity contribution in [2.45, 2.75) is 0 Å². The molecule has 1 aromatic heterocycles. The largest absolute Gasteiger partial charge is 0.490 e. The lowest BCUT2D eigenvalue weighted by Gasteiger charge is -2.08. The summed E-state index contributed by atoms with van der Waals surface area (Å²) in [5, 5.41) is 10.9. The van der Waals surface area contributed by atoms with Crippen molar-refractivity contribution < 1.29 is 14.4 Å². The van der Waals surface area contributed by atoms with Gasteiger partial charge in [0.15, 0.2) is 5.75 Å². The molecule has 0 radical (unpaired) electrons. The van der Waals surface area contributed by atoms with Gasteiger partial charge in [-0.15, -0.1) is 0 Å². The van der Waals surface area contributed by atoms with Gasteiger partial charge in [0.25, 0.3) is 0 Å². The summed E-state index contributed by atoms with van der Waals surface area (Å²) in [6.07, 6.45) is 1.50. The van der Waals surface area contributed by atoms with Crippen LogP contribution in [0.15, 0.2) is 36.5 Å². The summed E-state index contributed by atoms with van der Waals surface area (Å²) in [6.45, 7) is 0. The molecule has 1 heterocycles. The van der Waals surface area contributed by atoms with Gasteiger partial charge < -0.3 is 14.9 Å². The van der Waals surface area contributed by atoms with E-state index in [4.69, 9.17) is 15.3 Å². The highest BCUT2D eigenvalue weighted by atomic mass is 16.6. The molecule has 20 heavy (non-hydrogen) atoms. The predicted molar refractivity (Wildman–Crippen MR) is 71.8 cm³/mol. The van der Waals surface area contributed by atoms with Crippen LogP contribution in [0.2, 0.25) is 0 Å². The van der Waals surface area contributed by atoms with E-state index in [-0.39, 0.29) is 11.4 Å². The first kappa shape index (κ1) is 13.6. The second kappa shape index (κ2) is 5.85. The van der Waals surface area contributed by atoms with Crippen LogP contribution in [-0.4, -0.2) is 17.0 Å². The average molecular weight is 276 g/mol. The first-order valence-electron chi connectivity index (χ1n) is 5.57. The Morgan fingerprint density at radius 1 is 1.30 bits per heavy atom. The maximum absolute atomic E-state index is 10.9. The summed E-state index contributed by atoms with van der Waals surface area (Å²) in [5.74, 6) is 6.59. The van der Waals surface area contributed by atoms with Gasteiger partial charge in [0, 0.05) is 12.3 Å². The summed E-state index contributed by atoms with van der Waals surface area (Å²) in [7, 11) is 1.37. The Bertz CT molecular complexity index is 633. The third-order valence-corrected chi connectivity index (χ3v) is 2.46. The molecule has 0 unspecified atom stereocenters. The van der Waals surface area contributed by atoms with Crippen LogP contribution in [0.5, 0.6) is 17.2 Å². The smallest absolute Gasteiger partial charge is 0.314 e. The van der Waals surface area contributed by atoms with Gasteiger partial charge in [0.05, 0.1) is 18.1 Å². The lowest BCUT2D eigenvalue weighted by molar-refractivity contribution is -0.385. The second-order valence-corrected chi connectivity index (χ2v) is 3.71. The highest BCUT2D eigenvalue weighted by Crippen LogP contribution is 2.33. The number of aromatic nitrogens is 1. The molecule has 0 amide bonds. The SMILES string of the molecule is COc1ccc(Oc2ccnc(NN)c2)cc1[N+](=O)[O-]. The van der Waals surface area contributed by atoms with Crippen LogP contribution in [0.3, 0.4) is 0 Å². The number of nitrogens with two attached hydrogens (primary N) is 1. The minimum atomic E-state index is -0.537. The number of nitrogens with zero attached hydrogens (tertiary/aromatic N) is 2. The van der Waals surface area contributed by atoms with Crippen LogP contribution >= 0.6 is 0 Å². The van der Waals surface area contributed by atoms with Crippen molar-refractivity contribution in [3.8, 4) is 17.2 Å². The minimum Gasteiger partial charge on any atom is -0.490 e. The topological polar surface area (TPSA) is 113 Å². The fourth-order valence-corrected chi connectivity index (χ4v) is 1.57. The number of ether oxygens (including phenoxy) is 2. The van der Waals surface area contributed by atoms with Crippen molar-refractivity contribution in [3.05, 3.63) is 46.6 Å². The number of benzene rings is 1. The van der Waals surface area contributed by atoms with E-state index in [9.17, 15) is 10.1 Å². The van der Waals surface area contributed by atoms with Crippen LogP contribution in [0.25, 0.3) is 0 Å². The monoisotopic (exact) mass is 276 g/mol. The number of pyridine rings is 1. The van der Waals surface area contributed by atoms with E-state index in [1.165, 1.54) is 25.4 Å². The number of nitro groups is 1. The normalized spacial score (nSPS) is 9.90. The molecule has 3 N–H and O–H groups in total. The highest BCUT2D eigenvalue weighted by Gasteiger charge is 2.16. The lowest BCUT2D eigenvalue weighted by Crippen LogP contribution is -2.08. The molecule has 104 valence electrons. The van der Waals surface area contributed by atoms with Crippen LogP contribution in [0.1, 0.15) is 0 Å². The zero-order valence-corrected chi connectivity index (χ0v) is 10.6. The molecule has 0 aliphatic carbocycles. The quantitative estimate of drug-likeness (QED) is 0.488. The van der Waals surface area contributed by atoms with Crippen molar-refractivity contribution in [3.63, 3.8) is 0 Å². The molecule has 1 aromatic carbocycles. The molecule has 0 aliphatic rings. The fraction of sp³-hybridized carbons (Fsp3) is 0.0833. The van der Waals surface area contributed by atoms with Crippen LogP contribution in [-0.2, 0) is 0 Å². The molecule has 2 rings (SSSR count). The van der Waals surface area contributed by atoms with E-state index in [1.54, 1.807) is 18.2 Å². The summed E-state index contributed by atoms with van der Waals surface area (Å²) in [5.41, 5.74) is 2.21. The van der Waals surface area contributed by atoms with Crippen LogP contribution in [0, 0.1) is 10.1 Å². The number of hydrogen-bond acceptors (Lipinski definition) is 7. The van der Waals surface area contributed by atoms with Crippen molar-refractivity contribution in [1.29, 1.82) is 0 Å². The van der Waals surface area contributed by atoms with E-state index < -0.39 is 4.92 Å². The number of nitrogens with one attached hydrogen (secondary N) is 1. The Morgan fingerprint density at radius 2 is 2.05 bits per heavy atom. The molecule has 0 saturated carbocycles. The highest BCUT2D eigenvalue weighted by molar-refractivity contribution is 5.52. The molecule has 0 fully saturated rings. The zero-order valence-electron chi connectivity index (χ0n) is 10.6. The van der Waals surface area contributed by atoms with Gasteiger partial charge in [-0.1, -0.05) is 0 Å². The molecule has 8 heteroatoms. The van der Waals surface area contributed by atoms with Crippen LogP contribution < -0.4 is 20.7 Å². The molecule has 2 aromatic rings. The second-order valence-electron chi connectivity index (χ2n) is 3.71. The molecule has 0 spiro atoms. The lowest BCUT2D eigenvalue weighted by atomic mass is 10.3. The molecular weight excluding hydrogens is 264 g/mol. The number of nitrogen functional groups attached to an aromatic ring is 1. The zero-order chi connectivity index (χ0) is 14.5. The number of hydrogen-bond donors (Lipinski definition) is 2. The predicted octanol–water partition coefficient (Wildman–Crippen LogP) is 2.08. The Kier molecular flexibility index (Phi) is 3.96. The number of anilines is 1. The van der Waals surface area contributed by atoms with E-state index in [1.807, 2.05) is 0 Å². The summed E-state index contributed by atoms with van der Waals surface area (Å²) < 4.78 is 10.4. The average Bonchev–Trinajstić information content (AvgIpc) is 2.47. The fourth-order valence-electron chi connectivity index (χ4n) is 1.57. The number of nitro benzene ring substituents is 1. The third kappa shape index (κ3) is 2.93. The van der Waals surface area contributed by atoms with E-state index in [0.29, 0.717) is 17.3 Å². The third-order valence-electron chi connectivity index (χ3n) is 2.46. The Labute approximate surface area is 114 Å². The molecule has 8 nitrogen and oxygen atoms in total. The Balaban J connectivity index is 2.29. The molecule has 0 aliphatic heterocycles. The van der Waals surface area contributed by atoms with Crippen LogP contribution in [0.4, 0.5) is 11.5 Å². The summed E-state index contributed by atoms with van der Waals surface area (Å²) >= 11 is 0. The van der Waals surface area contributed by atoms with Gasteiger partial charge >= 0.3 is 5.69 Å². The van der Waals surface area contributed by atoms with Gasteiger partial charge in [-0.05, 0) is 18.2 Å². The molecule has 0 atom stereocenters. The van der Waals surface area contributed by atoms with Gasteiger partial charge in [-0.3, -0.25) is 10.1 Å². The maximum atomic E-state index is 10.9. The van der Waals surface area contributed by atoms with E-state index in [2.05, 4.69) is 10.4 Å².